The Balaban J connectivity index is 0.861. The maximum Gasteiger partial charge on any atom is 0.187 e. The SMILES string of the molecule is C[C@H](CC[C@]1(O)O[C@H]2C[C@H]3[C@@H]4CC=C5C[C@@H](O[C@@H]6O[C@H](C)[C@H](O[C@@H]7O[C@H](CO)[C@@H](O)[C@H](O)[C@H]7O)[C@H](O)[C@H]6O)CC[C@]5(C)[C@H]4CC(=O)[C@]3(C)[C@H]2[C@@H]1C)CO[C@@H]1O[C@H](CO)[C@@H](O)[C@H](O)[C@H]1O. The highest BCUT2D eigenvalue weighted by molar-refractivity contribution is 5.87. The van der Waals surface area contributed by atoms with Crippen molar-refractivity contribution < 1.29 is 94.1 Å². The Bertz CT molecular complexity index is 1680. The first-order valence-electron chi connectivity index (χ1n) is 23.4. The number of ketones is 1. The van der Waals surface area contributed by atoms with Crippen LogP contribution >= 0.6 is 0 Å². The molecule has 8 rings (SSSR count). The van der Waals surface area contributed by atoms with Gasteiger partial charge in [0.25, 0.3) is 0 Å². The Morgan fingerprint density at radius 2 is 1.39 bits per heavy atom. The standard InChI is InChI=1S/C45H72O19/c1-18(17-58-40-36(54)33(51)31(49)27(15-46)61-40)8-11-45(57)19(2)30-26(64-45)13-25-23-7-6-21-12-22(9-10-43(21,4)24(23)14-29(48)44(25,30)5)60-41-38(56)35(53)39(20(3)59-41)63-42-37(55)34(52)32(50)28(16-47)62-42/h6,18-20,22-28,30-42,46-47,49-57H,7-17H2,1-5H3/t18-,19+,20-,22+,23-,24+,25+,26+,27-,28-,30+,31-,32-,33+,34+,35-,36-,37-,38-,39+,40-,41+,42+,43+,44-,45+/m1/s1. The summed E-state index contributed by atoms with van der Waals surface area (Å²) in [5.74, 6) is -1.44. The van der Waals surface area contributed by atoms with Crippen molar-refractivity contribution in [1.29, 1.82) is 0 Å². The summed E-state index contributed by atoms with van der Waals surface area (Å²) in [6.45, 7) is 8.75. The summed E-state index contributed by atoms with van der Waals surface area (Å²) in [6.07, 6.45) is -14.6. The van der Waals surface area contributed by atoms with Crippen LogP contribution in [0.1, 0.15) is 86.0 Å². The maximum atomic E-state index is 14.6. The highest BCUT2D eigenvalue weighted by Crippen LogP contribution is 2.69. The molecule has 0 unspecified atom stereocenters. The molecule has 0 spiro atoms. The van der Waals surface area contributed by atoms with Crippen molar-refractivity contribution in [3.63, 3.8) is 0 Å². The minimum absolute atomic E-state index is 0.0714. The highest BCUT2D eigenvalue weighted by Gasteiger charge is 2.70. The van der Waals surface area contributed by atoms with Gasteiger partial charge < -0.3 is 89.3 Å². The van der Waals surface area contributed by atoms with E-state index in [1.165, 1.54) is 5.57 Å². The molecule has 19 nitrogen and oxygen atoms in total. The second-order valence-electron chi connectivity index (χ2n) is 20.9. The van der Waals surface area contributed by atoms with Crippen LogP contribution in [0, 0.1) is 46.3 Å². The first-order chi connectivity index (χ1) is 30.2. The van der Waals surface area contributed by atoms with E-state index in [0.717, 1.165) is 12.8 Å². The van der Waals surface area contributed by atoms with E-state index in [2.05, 4.69) is 19.9 Å². The Morgan fingerprint density at radius 1 is 0.781 bits per heavy atom. The molecule has 366 valence electrons. The summed E-state index contributed by atoms with van der Waals surface area (Å²) in [4.78, 5) is 14.6. The third kappa shape index (κ3) is 8.27. The van der Waals surface area contributed by atoms with Crippen LogP contribution in [0.3, 0.4) is 0 Å². The molecule has 19 heteroatoms. The molecule has 64 heavy (non-hydrogen) atoms. The summed E-state index contributed by atoms with van der Waals surface area (Å²) >= 11 is 0. The van der Waals surface area contributed by atoms with Crippen LogP contribution in [0.4, 0.5) is 0 Å². The normalized spacial score (nSPS) is 54.4. The van der Waals surface area contributed by atoms with E-state index in [4.69, 9.17) is 33.2 Å². The summed E-state index contributed by atoms with van der Waals surface area (Å²) in [5.41, 5.74) is 0.263. The fourth-order valence-corrected chi connectivity index (χ4v) is 13.2. The highest BCUT2D eigenvalue weighted by atomic mass is 16.7. The lowest BCUT2D eigenvalue weighted by Crippen LogP contribution is -2.64. The minimum Gasteiger partial charge on any atom is -0.394 e. The fraction of sp³-hybridized carbons (Fsp3) is 0.933. The summed E-state index contributed by atoms with van der Waals surface area (Å²) in [5, 5.41) is 115. The van der Waals surface area contributed by atoms with Gasteiger partial charge in [0, 0.05) is 30.1 Å². The van der Waals surface area contributed by atoms with E-state index in [-0.39, 0.29) is 65.5 Å². The third-order valence-corrected chi connectivity index (χ3v) is 17.2. The second-order valence-corrected chi connectivity index (χ2v) is 20.9. The van der Waals surface area contributed by atoms with Crippen LogP contribution in [-0.4, -0.2) is 192 Å². The predicted octanol–water partition coefficient (Wildman–Crippen LogP) is -1.65. The number of fused-ring (bicyclic) bond motifs is 7. The van der Waals surface area contributed by atoms with Crippen molar-refractivity contribution in [2.75, 3.05) is 19.8 Å². The number of rotatable bonds is 12. The van der Waals surface area contributed by atoms with E-state index in [1.807, 2.05) is 13.8 Å². The number of allylic oxidation sites excluding steroid dienone is 1. The molecular weight excluding hydrogens is 844 g/mol. The number of carbonyl (C=O) groups excluding carboxylic acids is 1. The molecule has 7 fully saturated rings. The lowest BCUT2D eigenvalue weighted by molar-refractivity contribution is -0.359. The lowest BCUT2D eigenvalue weighted by Gasteiger charge is -2.57. The molecule has 4 aliphatic carbocycles. The van der Waals surface area contributed by atoms with Crippen LogP contribution < -0.4 is 0 Å². The topological polar surface area (TPSA) is 304 Å². The molecule has 0 amide bonds. The first-order valence-corrected chi connectivity index (χ1v) is 23.4. The maximum absolute atomic E-state index is 14.6. The van der Waals surface area contributed by atoms with Gasteiger partial charge in [-0.25, -0.2) is 0 Å². The van der Waals surface area contributed by atoms with Crippen molar-refractivity contribution in [2.24, 2.45) is 46.3 Å². The van der Waals surface area contributed by atoms with Crippen LogP contribution in [0.15, 0.2) is 11.6 Å². The summed E-state index contributed by atoms with van der Waals surface area (Å²) in [7, 11) is 0. The molecule has 4 aliphatic heterocycles. The van der Waals surface area contributed by atoms with Gasteiger partial charge in [-0.1, -0.05) is 39.3 Å². The van der Waals surface area contributed by atoms with Gasteiger partial charge in [-0.15, -0.1) is 0 Å². The van der Waals surface area contributed by atoms with Gasteiger partial charge >= 0.3 is 0 Å². The van der Waals surface area contributed by atoms with E-state index in [1.54, 1.807) is 6.92 Å². The largest absolute Gasteiger partial charge is 0.394 e. The number of aliphatic hydroxyl groups excluding tert-OH is 10. The fourth-order valence-electron chi connectivity index (χ4n) is 13.2. The minimum atomic E-state index is -1.70. The van der Waals surface area contributed by atoms with Gasteiger partial charge in [-0.3, -0.25) is 4.79 Å². The van der Waals surface area contributed by atoms with Crippen LogP contribution in [0.25, 0.3) is 0 Å². The molecule has 0 aromatic carbocycles. The molecule has 4 heterocycles. The first kappa shape index (κ1) is 49.1. The van der Waals surface area contributed by atoms with Crippen molar-refractivity contribution in [3.05, 3.63) is 11.6 Å². The zero-order valence-corrected chi connectivity index (χ0v) is 37.3. The van der Waals surface area contributed by atoms with Crippen molar-refractivity contribution >= 4 is 5.78 Å². The van der Waals surface area contributed by atoms with Gasteiger partial charge in [-0.05, 0) is 74.5 Å². The molecule has 26 atom stereocenters. The number of ether oxygens (including phenoxy) is 7. The molecule has 3 saturated carbocycles. The van der Waals surface area contributed by atoms with E-state index in [0.29, 0.717) is 38.5 Å². The van der Waals surface area contributed by atoms with Crippen LogP contribution in [0.2, 0.25) is 0 Å². The third-order valence-electron chi connectivity index (χ3n) is 17.2. The van der Waals surface area contributed by atoms with Gasteiger partial charge in [-0.2, -0.15) is 0 Å². The Labute approximate surface area is 373 Å². The zero-order valence-electron chi connectivity index (χ0n) is 37.3. The number of hydrogen-bond donors (Lipinski definition) is 11. The van der Waals surface area contributed by atoms with Crippen molar-refractivity contribution in [2.45, 2.75) is 196 Å². The molecule has 4 saturated heterocycles. The van der Waals surface area contributed by atoms with Gasteiger partial charge in [0.15, 0.2) is 24.7 Å². The molecule has 0 aromatic heterocycles. The molecule has 0 bridgehead atoms. The summed E-state index contributed by atoms with van der Waals surface area (Å²) < 4.78 is 41.4. The molecule has 11 N–H and O–H groups in total. The number of aliphatic hydroxyl groups is 11. The lowest BCUT2D eigenvalue weighted by atomic mass is 9.46. The van der Waals surface area contributed by atoms with E-state index >= 15 is 0 Å². The monoisotopic (exact) mass is 916 g/mol. The van der Waals surface area contributed by atoms with Crippen LogP contribution in [-0.2, 0) is 38.0 Å². The Hall–Kier alpha value is -1.31. The molecule has 8 aliphatic rings. The van der Waals surface area contributed by atoms with E-state index < -0.39 is 117 Å². The van der Waals surface area contributed by atoms with Gasteiger partial charge in [0.1, 0.15) is 72.9 Å². The smallest absolute Gasteiger partial charge is 0.187 e. The van der Waals surface area contributed by atoms with E-state index in [9.17, 15) is 61.0 Å². The van der Waals surface area contributed by atoms with Gasteiger partial charge in [0.05, 0.1) is 38.1 Å². The molecule has 0 aromatic rings. The average Bonchev–Trinajstić information content (AvgIpc) is 3.71. The zero-order chi connectivity index (χ0) is 46.4. The number of Topliss-reactive ketones (excluding diaryl/α,β-unsaturated/α-hetero) is 1. The average molecular weight is 917 g/mol. The Morgan fingerprint density at radius 3 is 2.05 bits per heavy atom. The van der Waals surface area contributed by atoms with Crippen molar-refractivity contribution in [3.8, 4) is 0 Å². The second kappa shape index (κ2) is 18.5. The predicted molar refractivity (Wildman–Crippen MR) is 218 cm³/mol. The number of carbonyl (C=O) groups is 1. The molecular formula is C45H72O19. The quantitative estimate of drug-likeness (QED) is 0.0978. The van der Waals surface area contributed by atoms with Gasteiger partial charge in [0.2, 0.25) is 0 Å². The van der Waals surface area contributed by atoms with Crippen LogP contribution in [0.5, 0.6) is 0 Å². The Kier molecular flexibility index (Phi) is 14.2. The van der Waals surface area contributed by atoms with Crippen molar-refractivity contribution in [1.82, 2.24) is 0 Å². The molecule has 0 radical (unpaired) electrons. The number of hydrogen-bond acceptors (Lipinski definition) is 19. The summed E-state index contributed by atoms with van der Waals surface area (Å²) in [6, 6.07) is 0.